The van der Waals surface area contributed by atoms with Crippen LogP contribution in [0.4, 0.5) is 35.5 Å². The number of hydrogen-bond donors (Lipinski definition) is 3. The molecule has 38 heavy (non-hydrogen) atoms. The highest BCUT2D eigenvalue weighted by molar-refractivity contribution is 7.92. The Hall–Kier alpha value is -3.52. The molecule has 0 spiro atoms. The number of hydrogen-bond acceptors (Lipinski definition) is 8. The second-order valence-electron chi connectivity index (χ2n) is 9.62. The molecule has 3 aromatic rings. The van der Waals surface area contributed by atoms with Crippen molar-refractivity contribution in [2.45, 2.75) is 42.7 Å². The van der Waals surface area contributed by atoms with Crippen LogP contribution in [-0.2, 0) is 20.8 Å². The summed E-state index contributed by atoms with van der Waals surface area (Å²) in [5.41, 5.74) is 3.40. The summed E-state index contributed by atoms with van der Waals surface area (Å²) in [5.74, 6) is -0.0732. The van der Waals surface area contributed by atoms with Crippen LogP contribution in [0.15, 0.2) is 41.3 Å². The van der Waals surface area contributed by atoms with Gasteiger partial charge in [0, 0.05) is 24.3 Å². The summed E-state index contributed by atoms with van der Waals surface area (Å²) in [6.07, 6.45) is -5.39. The highest BCUT2D eigenvalue weighted by atomic mass is 35.5. The summed E-state index contributed by atoms with van der Waals surface area (Å²) in [6.45, 7) is 5.01. The van der Waals surface area contributed by atoms with Gasteiger partial charge in [-0.05, 0) is 50.6 Å². The average Bonchev–Trinajstić information content (AvgIpc) is 3.14. The predicted octanol–water partition coefficient (Wildman–Crippen LogP) is 4.86. The molecule has 204 valence electrons. The monoisotopic (exact) mass is 572 g/mol. The van der Waals surface area contributed by atoms with E-state index < -0.39 is 38.5 Å². The van der Waals surface area contributed by atoms with Gasteiger partial charge in [0.05, 0.1) is 15.5 Å². The number of halogens is 4. The SMILES string of the molecule is CC(C)(C)OC(=O)N1CC(S(=O)(=O)c2ccc(-c3c(Cl)cc(Nc4n[nH]c(N)n4)cc3C(F)(F)F)cc2)C1. The van der Waals surface area contributed by atoms with Crippen molar-refractivity contribution in [1.82, 2.24) is 20.1 Å². The Kier molecular flexibility index (Phi) is 6.99. The third-order valence-electron chi connectivity index (χ3n) is 5.56. The molecule has 2 heterocycles. The molecule has 10 nitrogen and oxygen atoms in total. The zero-order valence-electron chi connectivity index (χ0n) is 20.4. The van der Waals surface area contributed by atoms with Gasteiger partial charge in [-0.1, -0.05) is 23.7 Å². The number of nitrogens with zero attached hydrogens (tertiary/aromatic N) is 3. The molecule has 1 amide bonds. The van der Waals surface area contributed by atoms with Gasteiger partial charge in [-0.15, -0.1) is 5.10 Å². The van der Waals surface area contributed by atoms with Crippen molar-refractivity contribution in [3.05, 3.63) is 47.0 Å². The summed E-state index contributed by atoms with van der Waals surface area (Å²) in [7, 11) is -3.84. The van der Waals surface area contributed by atoms with Crippen molar-refractivity contribution in [3.63, 3.8) is 0 Å². The first-order valence-corrected chi connectivity index (χ1v) is 13.1. The summed E-state index contributed by atoms with van der Waals surface area (Å²) < 4.78 is 73.2. The lowest BCUT2D eigenvalue weighted by atomic mass is 9.98. The van der Waals surface area contributed by atoms with Gasteiger partial charge in [-0.25, -0.2) is 18.3 Å². The fourth-order valence-electron chi connectivity index (χ4n) is 3.77. The quantitative estimate of drug-likeness (QED) is 0.393. The van der Waals surface area contributed by atoms with E-state index in [1.54, 1.807) is 20.8 Å². The number of rotatable bonds is 5. The fourth-order valence-corrected chi connectivity index (χ4v) is 5.75. The second-order valence-corrected chi connectivity index (χ2v) is 12.3. The molecule has 1 saturated heterocycles. The number of ether oxygens (including phenoxy) is 1. The van der Waals surface area contributed by atoms with Crippen molar-refractivity contribution in [3.8, 4) is 11.1 Å². The maximum absolute atomic E-state index is 14.0. The number of nitrogen functional groups attached to an aromatic ring is 1. The van der Waals surface area contributed by atoms with Crippen LogP contribution in [0.5, 0.6) is 0 Å². The van der Waals surface area contributed by atoms with Crippen LogP contribution in [0.3, 0.4) is 0 Å². The maximum Gasteiger partial charge on any atom is 0.417 e. The maximum atomic E-state index is 14.0. The highest BCUT2D eigenvalue weighted by Crippen LogP contribution is 2.43. The number of amides is 1. The predicted molar refractivity (Wildman–Crippen MR) is 135 cm³/mol. The van der Waals surface area contributed by atoms with E-state index in [0.717, 1.165) is 6.07 Å². The Morgan fingerprint density at radius 2 is 1.82 bits per heavy atom. The molecule has 0 radical (unpaired) electrons. The number of likely N-dealkylation sites (tertiary alicyclic amines) is 1. The molecule has 2 aromatic carbocycles. The number of H-pyrrole nitrogens is 1. The molecule has 1 aromatic heterocycles. The lowest BCUT2D eigenvalue weighted by molar-refractivity contribution is -0.137. The van der Waals surface area contributed by atoms with Crippen LogP contribution >= 0.6 is 11.6 Å². The van der Waals surface area contributed by atoms with Crippen molar-refractivity contribution in [2.75, 3.05) is 24.1 Å². The number of carbonyl (C=O) groups is 1. The minimum Gasteiger partial charge on any atom is -0.444 e. The van der Waals surface area contributed by atoms with E-state index in [0.29, 0.717) is 0 Å². The normalized spacial score (nSPS) is 14.8. The van der Waals surface area contributed by atoms with Crippen LogP contribution in [0.2, 0.25) is 5.02 Å². The van der Waals surface area contributed by atoms with E-state index >= 15 is 0 Å². The molecule has 1 aliphatic heterocycles. The number of alkyl halides is 3. The molecule has 4 N–H and O–H groups in total. The molecule has 0 unspecified atom stereocenters. The van der Waals surface area contributed by atoms with Gasteiger partial charge >= 0.3 is 12.3 Å². The van der Waals surface area contributed by atoms with Crippen molar-refractivity contribution in [2.24, 2.45) is 0 Å². The molecule has 1 fully saturated rings. The minimum absolute atomic E-state index is 0.0243. The Bertz CT molecular complexity index is 1460. The number of benzene rings is 2. The average molecular weight is 573 g/mol. The number of nitrogens with one attached hydrogen (secondary N) is 2. The van der Waals surface area contributed by atoms with Crippen LogP contribution in [0, 0.1) is 0 Å². The number of aromatic nitrogens is 3. The first kappa shape index (κ1) is 27.5. The molecular weight excluding hydrogens is 549 g/mol. The first-order chi connectivity index (χ1) is 17.5. The van der Waals surface area contributed by atoms with Crippen molar-refractivity contribution < 1.29 is 31.1 Å². The molecule has 1 aliphatic rings. The number of carbonyl (C=O) groups excluding carboxylic acids is 1. The van der Waals surface area contributed by atoms with Crippen molar-refractivity contribution >= 4 is 45.1 Å². The van der Waals surface area contributed by atoms with Gasteiger partial charge in [0.1, 0.15) is 10.9 Å². The van der Waals surface area contributed by atoms with Crippen LogP contribution in [-0.4, -0.2) is 58.5 Å². The summed E-state index contributed by atoms with van der Waals surface area (Å²) in [4.78, 5) is 17.1. The standard InChI is InChI=1S/C23H24ClF3N6O4S/c1-22(2,3)37-21(34)33-10-15(11-33)38(35,36)14-6-4-12(5-7-14)18-16(23(25,26)27)8-13(9-17(18)24)29-20-30-19(28)31-32-20/h4-9,15H,10-11H2,1-3H3,(H4,28,29,30,31,32). The number of sulfone groups is 1. The molecule has 15 heteroatoms. The topological polar surface area (TPSA) is 143 Å². The summed E-state index contributed by atoms with van der Waals surface area (Å²) in [6, 6.07) is 7.08. The molecular formula is C23H24ClF3N6O4S. The third kappa shape index (κ3) is 5.80. The van der Waals surface area contributed by atoms with Crippen LogP contribution in [0.1, 0.15) is 26.3 Å². The van der Waals surface area contributed by atoms with E-state index in [1.807, 2.05) is 0 Å². The number of anilines is 3. The number of nitrogens with two attached hydrogens (primary N) is 1. The zero-order valence-corrected chi connectivity index (χ0v) is 22.0. The third-order valence-corrected chi connectivity index (χ3v) is 7.97. The largest absolute Gasteiger partial charge is 0.444 e. The Morgan fingerprint density at radius 3 is 2.34 bits per heavy atom. The lowest BCUT2D eigenvalue weighted by Gasteiger charge is -2.39. The molecule has 0 atom stereocenters. The van der Waals surface area contributed by atoms with Gasteiger partial charge in [0.15, 0.2) is 9.84 Å². The van der Waals surface area contributed by atoms with Gasteiger partial charge in [-0.2, -0.15) is 18.2 Å². The van der Waals surface area contributed by atoms with Gasteiger partial charge in [-0.3, -0.25) is 0 Å². The molecule has 0 bridgehead atoms. The van der Waals surface area contributed by atoms with E-state index in [1.165, 1.54) is 35.2 Å². The minimum atomic E-state index is -4.78. The molecule has 0 aliphatic carbocycles. The van der Waals surface area contributed by atoms with Crippen LogP contribution < -0.4 is 11.1 Å². The second kappa shape index (κ2) is 9.66. The summed E-state index contributed by atoms with van der Waals surface area (Å²) in [5, 5.41) is 7.60. The van der Waals surface area contributed by atoms with Crippen LogP contribution in [0.25, 0.3) is 11.1 Å². The van der Waals surface area contributed by atoms with Gasteiger partial charge < -0.3 is 20.7 Å². The fraction of sp³-hybridized carbons (Fsp3) is 0.348. The number of aromatic amines is 1. The Labute approximate surface area is 221 Å². The smallest absolute Gasteiger partial charge is 0.417 e. The Morgan fingerprint density at radius 1 is 1.18 bits per heavy atom. The van der Waals surface area contributed by atoms with E-state index in [2.05, 4.69) is 20.5 Å². The van der Waals surface area contributed by atoms with E-state index in [9.17, 15) is 26.4 Å². The summed E-state index contributed by atoms with van der Waals surface area (Å²) >= 11 is 6.27. The van der Waals surface area contributed by atoms with E-state index in [-0.39, 0.29) is 51.7 Å². The highest BCUT2D eigenvalue weighted by Gasteiger charge is 2.42. The van der Waals surface area contributed by atoms with E-state index in [4.69, 9.17) is 22.1 Å². The van der Waals surface area contributed by atoms with Crippen molar-refractivity contribution in [1.29, 1.82) is 0 Å². The Balaban J connectivity index is 1.57. The zero-order chi connectivity index (χ0) is 28.0. The lowest BCUT2D eigenvalue weighted by Crippen LogP contribution is -2.57. The molecule has 0 saturated carbocycles. The van der Waals surface area contributed by atoms with Gasteiger partial charge in [0.25, 0.3) is 0 Å². The van der Waals surface area contributed by atoms with Gasteiger partial charge in [0.2, 0.25) is 11.9 Å². The molecule has 4 rings (SSSR count). The first-order valence-electron chi connectivity index (χ1n) is 11.2.